The van der Waals surface area contributed by atoms with Gasteiger partial charge in [-0.25, -0.2) is 9.59 Å². The first-order valence-electron chi connectivity index (χ1n) is 7.92. The Bertz CT molecular complexity index is 678. The van der Waals surface area contributed by atoms with E-state index in [0.29, 0.717) is 5.75 Å². The molecule has 25 heavy (non-hydrogen) atoms. The number of aliphatic carboxylic acids is 1. The average Bonchev–Trinajstić information content (AvgIpc) is 2.64. The van der Waals surface area contributed by atoms with E-state index in [9.17, 15) is 14.7 Å². The highest BCUT2D eigenvalue weighted by Gasteiger charge is 2.27. The quantitative estimate of drug-likeness (QED) is 0.752. The van der Waals surface area contributed by atoms with Crippen molar-refractivity contribution in [2.45, 2.75) is 30.6 Å². The van der Waals surface area contributed by atoms with Gasteiger partial charge in [-0.1, -0.05) is 67.6 Å². The molecule has 0 heterocycles. The largest absolute Gasteiger partial charge is 0.480 e. The molecule has 2 atom stereocenters. The molecule has 132 valence electrons. The average molecular weight is 359 g/mol. The van der Waals surface area contributed by atoms with Gasteiger partial charge in [0.1, 0.15) is 12.6 Å². The lowest BCUT2D eigenvalue weighted by molar-refractivity contribution is -0.139. The van der Waals surface area contributed by atoms with Gasteiger partial charge in [0, 0.05) is 11.0 Å². The highest BCUT2D eigenvalue weighted by molar-refractivity contribution is 7.99. The number of benzene rings is 2. The molecular formula is C19H21NO4S. The van der Waals surface area contributed by atoms with Crippen LogP contribution in [0.4, 0.5) is 4.79 Å². The monoisotopic (exact) mass is 359 g/mol. The van der Waals surface area contributed by atoms with Gasteiger partial charge in [0.25, 0.3) is 0 Å². The molecule has 0 saturated heterocycles. The maximum absolute atomic E-state index is 11.9. The molecular weight excluding hydrogens is 338 g/mol. The van der Waals surface area contributed by atoms with Crippen LogP contribution in [0.2, 0.25) is 0 Å². The topological polar surface area (TPSA) is 75.6 Å². The molecule has 0 saturated carbocycles. The molecule has 6 heteroatoms. The maximum atomic E-state index is 11.9. The molecule has 0 spiro atoms. The number of carboxylic acids is 1. The molecule has 0 bridgehead atoms. The lowest BCUT2D eigenvalue weighted by Gasteiger charge is -2.21. The Morgan fingerprint density at radius 1 is 1.04 bits per heavy atom. The van der Waals surface area contributed by atoms with Crippen LogP contribution in [0.3, 0.4) is 0 Å². The summed E-state index contributed by atoms with van der Waals surface area (Å²) < 4.78 is 5.10. The van der Waals surface area contributed by atoms with Crippen molar-refractivity contribution in [3.05, 3.63) is 71.8 Å². The number of hydrogen-bond donors (Lipinski definition) is 2. The van der Waals surface area contributed by atoms with Crippen LogP contribution in [0.5, 0.6) is 0 Å². The summed E-state index contributed by atoms with van der Waals surface area (Å²) in [5, 5.41) is 11.5. The summed E-state index contributed by atoms with van der Waals surface area (Å²) >= 11 is 1.47. The minimum atomic E-state index is -1.08. The van der Waals surface area contributed by atoms with Crippen molar-refractivity contribution in [2.75, 3.05) is 0 Å². The third kappa shape index (κ3) is 6.51. The Labute approximate surface area is 151 Å². The van der Waals surface area contributed by atoms with E-state index in [0.717, 1.165) is 11.1 Å². The van der Waals surface area contributed by atoms with Gasteiger partial charge in [0.15, 0.2) is 0 Å². The van der Waals surface area contributed by atoms with Crippen molar-refractivity contribution < 1.29 is 19.4 Å². The number of thioether (sulfide) groups is 1. The first kappa shape index (κ1) is 18.9. The molecule has 0 aliphatic carbocycles. The molecule has 0 unspecified atom stereocenters. The number of hydrogen-bond acceptors (Lipinski definition) is 4. The smallest absolute Gasteiger partial charge is 0.408 e. The summed E-state index contributed by atoms with van der Waals surface area (Å²) in [7, 11) is 0. The fourth-order valence-electron chi connectivity index (χ4n) is 2.17. The minimum absolute atomic E-state index is 0.102. The SMILES string of the molecule is C[C@@H](SCc1ccccc1)[C@H](NC(=O)OCc1ccccc1)C(=O)O. The summed E-state index contributed by atoms with van der Waals surface area (Å²) in [4.78, 5) is 23.4. The summed E-state index contributed by atoms with van der Waals surface area (Å²) in [6.45, 7) is 1.88. The second kappa shape index (κ2) is 9.74. The predicted octanol–water partition coefficient (Wildman–Crippen LogP) is 3.69. The van der Waals surface area contributed by atoms with Crippen molar-refractivity contribution in [3.63, 3.8) is 0 Å². The molecule has 1 amide bonds. The maximum Gasteiger partial charge on any atom is 0.408 e. The van der Waals surface area contributed by atoms with E-state index in [1.165, 1.54) is 11.8 Å². The number of nitrogens with one attached hydrogen (secondary N) is 1. The van der Waals surface area contributed by atoms with Gasteiger partial charge in [-0.15, -0.1) is 0 Å². The number of carbonyl (C=O) groups excluding carboxylic acids is 1. The fraction of sp³-hybridized carbons (Fsp3) is 0.263. The molecule has 2 rings (SSSR count). The molecule has 0 aromatic heterocycles. The van der Waals surface area contributed by atoms with Crippen molar-refractivity contribution in [3.8, 4) is 0 Å². The third-order valence-electron chi connectivity index (χ3n) is 3.58. The second-order valence-electron chi connectivity index (χ2n) is 5.52. The molecule has 2 N–H and O–H groups in total. The molecule has 5 nitrogen and oxygen atoms in total. The Morgan fingerprint density at radius 2 is 1.60 bits per heavy atom. The van der Waals surface area contributed by atoms with Gasteiger partial charge in [-0.2, -0.15) is 11.8 Å². The zero-order valence-electron chi connectivity index (χ0n) is 13.9. The van der Waals surface area contributed by atoms with Crippen LogP contribution in [0.25, 0.3) is 0 Å². The van der Waals surface area contributed by atoms with E-state index in [2.05, 4.69) is 5.32 Å². The second-order valence-corrected chi connectivity index (χ2v) is 6.89. The van der Waals surface area contributed by atoms with Crippen LogP contribution in [0, 0.1) is 0 Å². The van der Waals surface area contributed by atoms with E-state index >= 15 is 0 Å². The van der Waals surface area contributed by atoms with Gasteiger partial charge >= 0.3 is 12.1 Å². The highest BCUT2D eigenvalue weighted by atomic mass is 32.2. The molecule has 0 fully saturated rings. The van der Waals surface area contributed by atoms with Crippen LogP contribution >= 0.6 is 11.8 Å². The van der Waals surface area contributed by atoms with Crippen LogP contribution in [-0.4, -0.2) is 28.5 Å². The number of alkyl carbamates (subject to hydrolysis) is 1. The lowest BCUT2D eigenvalue weighted by atomic mass is 10.2. The van der Waals surface area contributed by atoms with Gasteiger partial charge < -0.3 is 15.2 Å². The van der Waals surface area contributed by atoms with E-state index < -0.39 is 18.1 Å². The Kier molecular flexibility index (Phi) is 7.35. The molecule has 0 aliphatic heterocycles. The highest BCUT2D eigenvalue weighted by Crippen LogP contribution is 2.20. The normalized spacial score (nSPS) is 12.8. The van der Waals surface area contributed by atoms with Gasteiger partial charge in [0.05, 0.1) is 0 Å². The van der Waals surface area contributed by atoms with E-state index in [1.54, 1.807) is 6.92 Å². The van der Waals surface area contributed by atoms with E-state index in [4.69, 9.17) is 4.74 Å². The van der Waals surface area contributed by atoms with Gasteiger partial charge in [-0.3, -0.25) is 0 Å². The van der Waals surface area contributed by atoms with E-state index in [-0.39, 0.29) is 11.9 Å². The Morgan fingerprint density at radius 3 is 2.16 bits per heavy atom. The van der Waals surface area contributed by atoms with Crippen molar-refractivity contribution in [2.24, 2.45) is 0 Å². The van der Waals surface area contributed by atoms with Crippen molar-refractivity contribution >= 4 is 23.8 Å². The fourth-order valence-corrected chi connectivity index (χ4v) is 3.19. The van der Waals surface area contributed by atoms with Crippen LogP contribution in [0.15, 0.2) is 60.7 Å². The molecule has 0 aliphatic rings. The Hall–Kier alpha value is -2.47. The minimum Gasteiger partial charge on any atom is -0.480 e. The number of amides is 1. The number of rotatable bonds is 8. The number of carbonyl (C=O) groups is 2. The molecule has 2 aromatic carbocycles. The zero-order chi connectivity index (χ0) is 18.1. The standard InChI is InChI=1S/C19H21NO4S/c1-14(25-13-16-10-6-3-7-11-16)17(18(21)22)20-19(23)24-12-15-8-4-2-5-9-15/h2-11,14,17H,12-13H2,1H3,(H,20,23)(H,21,22)/t14-,17+/m1/s1. The first-order chi connectivity index (χ1) is 12.1. The van der Waals surface area contributed by atoms with Gasteiger partial charge in [0.2, 0.25) is 0 Å². The van der Waals surface area contributed by atoms with Crippen LogP contribution in [0.1, 0.15) is 18.1 Å². The summed E-state index contributed by atoms with van der Waals surface area (Å²) in [5.74, 6) is -0.406. The third-order valence-corrected chi connectivity index (χ3v) is 4.88. The zero-order valence-corrected chi connectivity index (χ0v) is 14.7. The summed E-state index contributed by atoms with van der Waals surface area (Å²) in [5.41, 5.74) is 1.95. The first-order valence-corrected chi connectivity index (χ1v) is 8.96. The lowest BCUT2D eigenvalue weighted by Crippen LogP contribution is -2.46. The summed E-state index contributed by atoms with van der Waals surface area (Å²) in [6, 6.07) is 18.0. The number of ether oxygens (including phenoxy) is 1. The summed E-state index contributed by atoms with van der Waals surface area (Å²) in [6.07, 6.45) is -0.733. The predicted molar refractivity (Wildman–Crippen MR) is 98.4 cm³/mol. The van der Waals surface area contributed by atoms with Crippen molar-refractivity contribution in [1.82, 2.24) is 5.32 Å². The van der Waals surface area contributed by atoms with Crippen molar-refractivity contribution in [1.29, 1.82) is 0 Å². The molecule has 0 radical (unpaired) electrons. The molecule has 2 aromatic rings. The van der Waals surface area contributed by atoms with Gasteiger partial charge in [-0.05, 0) is 11.1 Å². The van der Waals surface area contributed by atoms with Crippen LogP contribution < -0.4 is 5.32 Å². The Balaban J connectivity index is 1.84. The van der Waals surface area contributed by atoms with E-state index in [1.807, 2.05) is 60.7 Å². The number of carboxylic acid groups (broad SMARTS) is 1. The van der Waals surface area contributed by atoms with Crippen LogP contribution in [-0.2, 0) is 21.9 Å².